The van der Waals surface area contributed by atoms with Crippen molar-refractivity contribution in [3.8, 4) is 28.6 Å². The summed E-state index contributed by atoms with van der Waals surface area (Å²) in [5.41, 5.74) is 2.61. The summed E-state index contributed by atoms with van der Waals surface area (Å²) in [7, 11) is 1.66. The molecule has 2 aromatic heterocycles. The van der Waals surface area contributed by atoms with Gasteiger partial charge in [-0.15, -0.1) is 0 Å². The van der Waals surface area contributed by atoms with Crippen LogP contribution < -0.4 is 35.7 Å². The van der Waals surface area contributed by atoms with Gasteiger partial charge in [0.15, 0.2) is 23.7 Å². The molecule has 4 aliphatic heterocycles. The number of pyridine rings is 2. The van der Waals surface area contributed by atoms with Gasteiger partial charge < -0.3 is 74.5 Å². The fourth-order valence-electron chi connectivity index (χ4n) is 7.25. The Bertz CT molecular complexity index is 2460. The van der Waals surface area contributed by atoms with Crippen LogP contribution >= 0.6 is 0 Å². The number of rotatable bonds is 11. The van der Waals surface area contributed by atoms with Crippen molar-refractivity contribution in [1.29, 1.82) is 0 Å². The van der Waals surface area contributed by atoms with Crippen LogP contribution in [0.25, 0.3) is 22.3 Å². The number of ether oxygens (including phenoxy) is 6. The summed E-state index contributed by atoms with van der Waals surface area (Å²) < 4.78 is 34.1. The van der Waals surface area contributed by atoms with Gasteiger partial charge in [-0.3, -0.25) is 9.59 Å². The molecule has 2 amide bonds. The fourth-order valence-corrected chi connectivity index (χ4v) is 7.25. The predicted molar refractivity (Wildman–Crippen MR) is 197 cm³/mol. The first kappa shape index (κ1) is 39.5. The Morgan fingerprint density at radius 3 is 2.51 bits per heavy atom. The summed E-state index contributed by atoms with van der Waals surface area (Å²) >= 11 is 0. The van der Waals surface area contributed by atoms with Gasteiger partial charge in [0, 0.05) is 42.1 Å². The molecule has 5 unspecified atom stereocenters. The molecule has 21 nitrogen and oxygen atoms in total. The number of esters is 1. The number of nitrogens with one attached hydrogen (secondary N) is 3. The smallest absolute Gasteiger partial charge is 0.407 e. The van der Waals surface area contributed by atoms with Gasteiger partial charge in [-0.05, 0) is 42.4 Å². The van der Waals surface area contributed by atoms with Crippen LogP contribution in [0.5, 0.6) is 17.2 Å². The Hall–Kier alpha value is -6.36. The first-order chi connectivity index (χ1) is 28.3. The van der Waals surface area contributed by atoms with E-state index in [0.29, 0.717) is 57.0 Å². The van der Waals surface area contributed by atoms with Crippen molar-refractivity contribution >= 4 is 40.5 Å². The van der Waals surface area contributed by atoms with E-state index in [0.717, 1.165) is 0 Å². The summed E-state index contributed by atoms with van der Waals surface area (Å²) in [6, 6.07) is 9.18. The van der Waals surface area contributed by atoms with E-state index in [1.165, 1.54) is 22.8 Å². The Labute approximate surface area is 332 Å². The third kappa shape index (κ3) is 7.34. The molecule has 6 heterocycles. The van der Waals surface area contributed by atoms with Crippen molar-refractivity contribution in [2.75, 3.05) is 25.7 Å². The maximum Gasteiger partial charge on any atom is 0.407 e. The SMILES string of the molecule is CNCCC(=O)Nc1cc(COC(=O)NCc2c3c(nc4cc5c(cc24)OCO5)-c2cc4c(c(=O)n2C3)COC(=O)[C@H]4O)ccc1OC1OC(C(=O)O)C(O)C(O)C1O. The van der Waals surface area contributed by atoms with Crippen molar-refractivity contribution in [3.05, 3.63) is 74.6 Å². The molecule has 310 valence electrons. The molecule has 8 N–H and O–H groups in total. The molecule has 21 heteroatoms. The van der Waals surface area contributed by atoms with E-state index in [2.05, 4.69) is 16.0 Å². The number of anilines is 1. The van der Waals surface area contributed by atoms with E-state index in [-0.39, 0.29) is 62.1 Å². The molecule has 8 rings (SSSR count). The summed E-state index contributed by atoms with van der Waals surface area (Å²) in [5, 5.41) is 59.6. The van der Waals surface area contributed by atoms with Crippen LogP contribution in [0, 0.1) is 0 Å². The number of aromatic nitrogens is 2. The molecular weight excluding hydrogens is 782 g/mol. The number of alkyl carbamates (subject to hydrolysis) is 1. The van der Waals surface area contributed by atoms with Gasteiger partial charge in [-0.25, -0.2) is 19.4 Å². The summed E-state index contributed by atoms with van der Waals surface area (Å²) in [6.07, 6.45) is -11.9. The van der Waals surface area contributed by atoms with Crippen LogP contribution in [0.4, 0.5) is 10.5 Å². The zero-order chi connectivity index (χ0) is 41.7. The number of aliphatic hydroxyl groups excluding tert-OH is 4. The average molecular weight is 820 g/mol. The van der Waals surface area contributed by atoms with Crippen LogP contribution in [-0.4, -0.2) is 110 Å². The molecule has 1 saturated heterocycles. The van der Waals surface area contributed by atoms with Gasteiger partial charge >= 0.3 is 18.0 Å². The zero-order valence-electron chi connectivity index (χ0n) is 31.0. The van der Waals surface area contributed by atoms with Crippen molar-refractivity contribution in [2.45, 2.75) is 69.5 Å². The van der Waals surface area contributed by atoms with E-state index in [1.807, 2.05) is 0 Å². The molecular formula is C38H37N5O16. The quantitative estimate of drug-likeness (QED) is 0.0779. The fraction of sp³-hybridized carbons (Fsp3) is 0.368. The van der Waals surface area contributed by atoms with Gasteiger partial charge in [0.2, 0.25) is 19.0 Å². The van der Waals surface area contributed by atoms with E-state index >= 15 is 0 Å². The number of carbonyl (C=O) groups excluding carboxylic acids is 3. The second-order valence-electron chi connectivity index (χ2n) is 14.0. The van der Waals surface area contributed by atoms with E-state index in [1.54, 1.807) is 25.2 Å². The number of fused-ring (bicyclic) bond motifs is 6. The van der Waals surface area contributed by atoms with Gasteiger partial charge in [0.1, 0.15) is 37.3 Å². The monoisotopic (exact) mass is 819 g/mol. The lowest BCUT2D eigenvalue weighted by Crippen LogP contribution is -2.61. The number of aliphatic carboxylic acids is 1. The predicted octanol–water partition coefficient (Wildman–Crippen LogP) is -0.510. The van der Waals surface area contributed by atoms with Gasteiger partial charge in [0.25, 0.3) is 5.56 Å². The maximum atomic E-state index is 13.6. The average Bonchev–Trinajstić information content (AvgIpc) is 3.83. The number of amides is 2. The third-order valence-corrected chi connectivity index (χ3v) is 10.3. The number of nitrogens with zero attached hydrogens (tertiary/aromatic N) is 2. The topological polar surface area (TPSA) is 296 Å². The lowest BCUT2D eigenvalue weighted by atomic mass is 9.98. The Kier molecular flexibility index (Phi) is 10.5. The van der Waals surface area contributed by atoms with Crippen LogP contribution in [0.3, 0.4) is 0 Å². The molecule has 4 aromatic rings. The van der Waals surface area contributed by atoms with Crippen molar-refractivity contribution in [3.63, 3.8) is 0 Å². The highest BCUT2D eigenvalue weighted by molar-refractivity contribution is 5.93. The second-order valence-corrected chi connectivity index (χ2v) is 14.0. The largest absolute Gasteiger partial charge is 0.479 e. The molecule has 0 radical (unpaired) electrons. The lowest BCUT2D eigenvalue weighted by molar-refractivity contribution is -0.271. The molecule has 0 aliphatic carbocycles. The Balaban J connectivity index is 1.03. The number of carboxylic acids is 1. The molecule has 0 saturated carbocycles. The number of benzene rings is 2. The summed E-state index contributed by atoms with van der Waals surface area (Å²) in [5.74, 6) is -2.13. The first-order valence-corrected chi connectivity index (χ1v) is 18.3. The summed E-state index contributed by atoms with van der Waals surface area (Å²) in [4.78, 5) is 68.2. The summed E-state index contributed by atoms with van der Waals surface area (Å²) in [6.45, 7) is -0.341. The van der Waals surface area contributed by atoms with Crippen LogP contribution in [-0.2, 0) is 54.9 Å². The van der Waals surface area contributed by atoms with Gasteiger partial charge in [-0.1, -0.05) is 6.07 Å². The number of aliphatic hydroxyl groups is 4. The normalized spacial score (nSPS) is 22.5. The number of hydrogen-bond acceptors (Lipinski definition) is 17. The minimum atomic E-state index is -1.94. The highest BCUT2D eigenvalue weighted by Gasteiger charge is 2.48. The van der Waals surface area contributed by atoms with Crippen LogP contribution in [0.15, 0.2) is 41.2 Å². The molecule has 2 aromatic carbocycles. The first-order valence-electron chi connectivity index (χ1n) is 18.3. The standard InChI is InChI=1S/C38H37N5O16/c1-39-5-4-27(44)41-22-6-15(2-3-24(22)58-37-32(48)30(46)31(47)33(59-37)35(50)51)12-55-38(53)40-10-18-16-8-25-26(57-14-56-25)9-21(16)42-28-19(18)11-43-23(28)7-17-20(34(43)49)13-54-36(52)29(17)45/h2-3,6-9,29-33,37,39,45-48H,4-5,10-14H2,1H3,(H,40,53)(H,41,44)(H,50,51)/t29-,30?,31?,32?,33?,37?/m0/s1. The minimum Gasteiger partial charge on any atom is -0.479 e. The van der Waals surface area contributed by atoms with E-state index in [9.17, 15) is 49.5 Å². The van der Waals surface area contributed by atoms with Gasteiger partial charge in [-0.2, -0.15) is 0 Å². The van der Waals surface area contributed by atoms with E-state index in [4.69, 9.17) is 33.4 Å². The molecule has 0 bridgehead atoms. The Morgan fingerprint density at radius 2 is 1.75 bits per heavy atom. The lowest BCUT2D eigenvalue weighted by Gasteiger charge is -2.38. The molecule has 4 aliphatic rings. The number of carboxylic acid groups (broad SMARTS) is 1. The third-order valence-electron chi connectivity index (χ3n) is 10.3. The molecule has 0 spiro atoms. The van der Waals surface area contributed by atoms with Crippen molar-refractivity contribution in [2.24, 2.45) is 0 Å². The highest BCUT2D eigenvalue weighted by atomic mass is 16.7. The number of carbonyl (C=O) groups is 4. The maximum absolute atomic E-state index is 13.6. The van der Waals surface area contributed by atoms with E-state index < -0.39 is 66.3 Å². The van der Waals surface area contributed by atoms with Crippen LogP contribution in [0.2, 0.25) is 0 Å². The molecule has 1 fully saturated rings. The molecule has 6 atom stereocenters. The highest BCUT2D eigenvalue weighted by Crippen LogP contribution is 2.42. The Morgan fingerprint density at radius 1 is 0.966 bits per heavy atom. The van der Waals surface area contributed by atoms with Gasteiger partial charge in [0.05, 0.1) is 34.7 Å². The van der Waals surface area contributed by atoms with Crippen LogP contribution in [0.1, 0.15) is 40.3 Å². The van der Waals surface area contributed by atoms with Crippen molar-refractivity contribution < 1.29 is 73.1 Å². The zero-order valence-corrected chi connectivity index (χ0v) is 31.0. The van der Waals surface area contributed by atoms with Crippen molar-refractivity contribution in [1.82, 2.24) is 20.2 Å². The molecule has 59 heavy (non-hydrogen) atoms. The number of hydrogen-bond donors (Lipinski definition) is 8. The number of cyclic esters (lactones) is 1. The second kappa shape index (κ2) is 15.8. The minimum absolute atomic E-state index is 0.00711.